The molecule has 3 heteroatoms. The Morgan fingerprint density at radius 2 is 2.18 bits per heavy atom. The van der Waals surface area contributed by atoms with Crippen molar-refractivity contribution < 1.29 is 0 Å². The maximum Gasteiger partial charge on any atom is 0.110 e. The summed E-state index contributed by atoms with van der Waals surface area (Å²) < 4.78 is 0. The number of nitrogens with one attached hydrogen (secondary N) is 1. The highest BCUT2D eigenvalue weighted by Crippen LogP contribution is 2.32. The Labute approximate surface area is 109 Å². The first-order valence-electron chi connectivity index (χ1n) is 6.95. The SMILES string of the molecule is CCNC(CC1CCCCC1)c1nc(C)cs1. The van der Waals surface area contributed by atoms with E-state index in [0.717, 1.165) is 18.2 Å². The maximum absolute atomic E-state index is 4.65. The molecule has 0 bridgehead atoms. The van der Waals surface area contributed by atoms with Crippen LogP contribution >= 0.6 is 11.3 Å². The maximum atomic E-state index is 4.65. The quantitative estimate of drug-likeness (QED) is 0.854. The van der Waals surface area contributed by atoms with Gasteiger partial charge in [-0.25, -0.2) is 4.98 Å². The molecule has 96 valence electrons. The van der Waals surface area contributed by atoms with Gasteiger partial charge in [0, 0.05) is 11.1 Å². The molecule has 0 amide bonds. The molecule has 1 unspecified atom stereocenters. The molecule has 1 aromatic heterocycles. The molecule has 1 aliphatic rings. The lowest BCUT2D eigenvalue weighted by Crippen LogP contribution is -2.24. The van der Waals surface area contributed by atoms with Gasteiger partial charge in [0.2, 0.25) is 0 Å². The van der Waals surface area contributed by atoms with Gasteiger partial charge in [-0.2, -0.15) is 0 Å². The predicted octanol–water partition coefficient (Wildman–Crippen LogP) is 4.07. The minimum atomic E-state index is 0.488. The molecule has 1 aromatic rings. The fraction of sp³-hybridized carbons (Fsp3) is 0.786. The fourth-order valence-electron chi connectivity index (χ4n) is 2.81. The van der Waals surface area contributed by atoms with E-state index in [-0.39, 0.29) is 0 Å². The van der Waals surface area contributed by atoms with Crippen LogP contribution in [0.1, 0.15) is 62.2 Å². The third-order valence-corrected chi connectivity index (χ3v) is 4.76. The lowest BCUT2D eigenvalue weighted by molar-refractivity contribution is 0.301. The Hall–Kier alpha value is -0.410. The molecule has 0 spiro atoms. The van der Waals surface area contributed by atoms with E-state index in [9.17, 15) is 0 Å². The van der Waals surface area contributed by atoms with Crippen molar-refractivity contribution in [2.24, 2.45) is 5.92 Å². The summed E-state index contributed by atoms with van der Waals surface area (Å²) in [5.41, 5.74) is 1.16. The van der Waals surface area contributed by atoms with Gasteiger partial charge in [-0.15, -0.1) is 11.3 Å². The lowest BCUT2D eigenvalue weighted by atomic mass is 9.85. The van der Waals surface area contributed by atoms with Crippen LogP contribution in [0.3, 0.4) is 0 Å². The summed E-state index contributed by atoms with van der Waals surface area (Å²) in [5, 5.41) is 7.06. The van der Waals surface area contributed by atoms with Gasteiger partial charge in [0.25, 0.3) is 0 Å². The molecule has 0 aromatic carbocycles. The topological polar surface area (TPSA) is 24.9 Å². The van der Waals surface area contributed by atoms with Gasteiger partial charge in [0.05, 0.1) is 6.04 Å². The molecule has 0 radical (unpaired) electrons. The normalized spacial score (nSPS) is 19.4. The molecule has 1 saturated carbocycles. The van der Waals surface area contributed by atoms with E-state index in [0.29, 0.717) is 6.04 Å². The van der Waals surface area contributed by atoms with Crippen LogP contribution in [0.15, 0.2) is 5.38 Å². The molecule has 1 aliphatic carbocycles. The van der Waals surface area contributed by atoms with Gasteiger partial charge in [-0.3, -0.25) is 0 Å². The first-order valence-corrected chi connectivity index (χ1v) is 7.83. The van der Waals surface area contributed by atoms with Gasteiger partial charge < -0.3 is 5.32 Å². The molecule has 17 heavy (non-hydrogen) atoms. The van der Waals surface area contributed by atoms with Crippen LogP contribution in [0.2, 0.25) is 0 Å². The molecule has 1 fully saturated rings. The van der Waals surface area contributed by atoms with Crippen molar-refractivity contribution in [2.75, 3.05) is 6.54 Å². The second-order valence-electron chi connectivity index (χ2n) is 5.18. The fourth-order valence-corrected chi connectivity index (χ4v) is 3.69. The van der Waals surface area contributed by atoms with Crippen LogP contribution < -0.4 is 5.32 Å². The average Bonchev–Trinajstić information content (AvgIpc) is 2.77. The van der Waals surface area contributed by atoms with Crippen LogP contribution in [0.4, 0.5) is 0 Å². The van der Waals surface area contributed by atoms with Crippen molar-refractivity contribution in [2.45, 2.75) is 58.4 Å². The standard InChI is InChI=1S/C14H24N2S/c1-3-15-13(14-16-11(2)10-17-14)9-12-7-5-4-6-8-12/h10,12-13,15H,3-9H2,1-2H3. The summed E-state index contributed by atoms with van der Waals surface area (Å²) in [5.74, 6) is 0.914. The summed E-state index contributed by atoms with van der Waals surface area (Å²) >= 11 is 1.81. The number of aromatic nitrogens is 1. The smallest absolute Gasteiger partial charge is 0.110 e. The molecule has 2 nitrogen and oxygen atoms in total. The summed E-state index contributed by atoms with van der Waals surface area (Å²) in [6, 6.07) is 0.488. The second kappa shape index (κ2) is 6.50. The Morgan fingerprint density at radius 1 is 1.41 bits per heavy atom. The zero-order valence-electron chi connectivity index (χ0n) is 11.0. The molecular formula is C14H24N2S. The van der Waals surface area contributed by atoms with Crippen molar-refractivity contribution in [3.63, 3.8) is 0 Å². The largest absolute Gasteiger partial charge is 0.308 e. The first kappa shape index (κ1) is 13.0. The van der Waals surface area contributed by atoms with Gasteiger partial charge in [-0.05, 0) is 25.8 Å². The van der Waals surface area contributed by atoms with Crippen LogP contribution in [0.25, 0.3) is 0 Å². The minimum absolute atomic E-state index is 0.488. The average molecular weight is 252 g/mol. The zero-order chi connectivity index (χ0) is 12.1. The van der Waals surface area contributed by atoms with Crippen LogP contribution in [0.5, 0.6) is 0 Å². The molecular weight excluding hydrogens is 228 g/mol. The van der Waals surface area contributed by atoms with E-state index in [1.807, 2.05) is 11.3 Å². The number of hydrogen-bond donors (Lipinski definition) is 1. The van der Waals surface area contributed by atoms with E-state index < -0.39 is 0 Å². The highest BCUT2D eigenvalue weighted by Gasteiger charge is 2.21. The van der Waals surface area contributed by atoms with Crippen molar-refractivity contribution in [1.29, 1.82) is 0 Å². The van der Waals surface area contributed by atoms with Crippen LogP contribution in [-0.2, 0) is 0 Å². The lowest BCUT2D eigenvalue weighted by Gasteiger charge is -2.26. The number of rotatable bonds is 5. The van der Waals surface area contributed by atoms with Gasteiger partial charge in [-0.1, -0.05) is 39.0 Å². The number of nitrogens with zero attached hydrogens (tertiary/aromatic N) is 1. The van der Waals surface area contributed by atoms with Crippen LogP contribution in [0, 0.1) is 12.8 Å². The van der Waals surface area contributed by atoms with Gasteiger partial charge in [0.1, 0.15) is 5.01 Å². The molecule has 0 saturated heterocycles. The van der Waals surface area contributed by atoms with Crippen molar-refractivity contribution in [3.8, 4) is 0 Å². The molecule has 1 N–H and O–H groups in total. The van der Waals surface area contributed by atoms with Crippen molar-refractivity contribution in [1.82, 2.24) is 10.3 Å². The predicted molar refractivity (Wildman–Crippen MR) is 74.5 cm³/mol. The van der Waals surface area contributed by atoms with Gasteiger partial charge in [0.15, 0.2) is 0 Å². The summed E-state index contributed by atoms with van der Waals surface area (Å²) in [7, 11) is 0. The van der Waals surface area contributed by atoms with E-state index in [2.05, 4.69) is 29.5 Å². The Balaban J connectivity index is 1.96. The molecule has 2 rings (SSSR count). The summed E-state index contributed by atoms with van der Waals surface area (Å²) in [4.78, 5) is 4.65. The first-order chi connectivity index (χ1) is 8.29. The zero-order valence-corrected chi connectivity index (χ0v) is 11.9. The Morgan fingerprint density at radius 3 is 2.76 bits per heavy atom. The van der Waals surface area contributed by atoms with Gasteiger partial charge >= 0.3 is 0 Å². The molecule has 0 aliphatic heterocycles. The van der Waals surface area contributed by atoms with E-state index >= 15 is 0 Å². The third-order valence-electron chi connectivity index (χ3n) is 3.68. The number of thiazole rings is 1. The third kappa shape index (κ3) is 3.78. The highest BCUT2D eigenvalue weighted by molar-refractivity contribution is 7.09. The summed E-state index contributed by atoms with van der Waals surface area (Å²) in [6.45, 7) is 5.31. The van der Waals surface area contributed by atoms with E-state index in [4.69, 9.17) is 0 Å². The van der Waals surface area contributed by atoms with Crippen molar-refractivity contribution in [3.05, 3.63) is 16.1 Å². The summed E-state index contributed by atoms with van der Waals surface area (Å²) in [6.07, 6.45) is 8.43. The monoisotopic (exact) mass is 252 g/mol. The minimum Gasteiger partial charge on any atom is -0.308 e. The van der Waals surface area contributed by atoms with Crippen LogP contribution in [-0.4, -0.2) is 11.5 Å². The number of aryl methyl sites for hydroxylation is 1. The highest BCUT2D eigenvalue weighted by atomic mass is 32.1. The van der Waals surface area contributed by atoms with E-state index in [1.54, 1.807) is 0 Å². The number of hydrogen-bond acceptors (Lipinski definition) is 3. The Kier molecular flexibility index (Phi) is 4.99. The Bertz CT molecular complexity index is 329. The van der Waals surface area contributed by atoms with E-state index in [1.165, 1.54) is 43.5 Å². The second-order valence-corrected chi connectivity index (χ2v) is 6.07. The molecule has 1 heterocycles. The molecule has 1 atom stereocenters. The van der Waals surface area contributed by atoms with Crippen molar-refractivity contribution >= 4 is 11.3 Å².